The lowest BCUT2D eigenvalue weighted by atomic mass is 10.0. The molecule has 0 aliphatic heterocycles. The molecule has 0 spiro atoms. The van der Waals surface area contributed by atoms with Crippen molar-refractivity contribution >= 4 is 12.1 Å². The molecule has 0 aliphatic rings. The van der Waals surface area contributed by atoms with Crippen LogP contribution in [-0.2, 0) is 7.05 Å². The fourth-order valence-electron chi connectivity index (χ4n) is 1.82. The van der Waals surface area contributed by atoms with Crippen LogP contribution in [0.5, 0.6) is 0 Å². The molecule has 0 N–H and O–H groups in total. The van der Waals surface area contributed by atoms with E-state index in [0.29, 0.717) is 11.4 Å². The predicted molar refractivity (Wildman–Crippen MR) is 67.2 cm³/mol. The maximum atomic E-state index is 10.6. The van der Waals surface area contributed by atoms with Crippen LogP contribution in [0.15, 0.2) is 30.3 Å². The summed E-state index contributed by atoms with van der Waals surface area (Å²) in [5.74, 6) is 0.622. The Hall–Kier alpha value is -2.34. The largest absolute Gasteiger partial charge is 0.364 e. The second-order valence-electron chi connectivity index (χ2n) is 3.91. The first-order valence-electron chi connectivity index (χ1n) is 5.26. The summed E-state index contributed by atoms with van der Waals surface area (Å²) < 4.78 is 1.87. The number of hydrogen-bond donors (Lipinski definition) is 0. The Kier molecular flexibility index (Phi) is 2.80. The van der Waals surface area contributed by atoms with Crippen LogP contribution in [0.1, 0.15) is 16.1 Å². The lowest BCUT2D eigenvalue weighted by Gasteiger charge is -2.00. The van der Waals surface area contributed by atoms with Crippen LogP contribution in [0.4, 0.5) is 5.82 Å². The minimum atomic E-state index is 0.622. The topological polar surface area (TPSA) is 26.4 Å². The molecule has 0 bridgehead atoms. The molecule has 0 amide bonds. The van der Waals surface area contributed by atoms with E-state index in [1.165, 1.54) is 0 Å². The normalized spacial score (nSPS) is 9.94. The number of hydrogen-bond acceptors (Lipinski definition) is 1. The maximum Gasteiger partial charge on any atom is 0.230 e. The van der Waals surface area contributed by atoms with E-state index in [0.717, 1.165) is 23.1 Å². The molecular weight excluding hydrogens is 212 g/mol. The monoisotopic (exact) mass is 224 g/mol. The summed E-state index contributed by atoms with van der Waals surface area (Å²) in [6.07, 6.45) is 0.826. The minimum Gasteiger partial charge on any atom is -0.364 e. The number of nitrogens with zero attached hydrogens (tertiary/aromatic N) is 2. The van der Waals surface area contributed by atoms with Gasteiger partial charge in [0.2, 0.25) is 5.82 Å². The van der Waals surface area contributed by atoms with E-state index in [-0.39, 0.29) is 0 Å². The van der Waals surface area contributed by atoms with Gasteiger partial charge in [0.25, 0.3) is 0 Å². The summed E-state index contributed by atoms with van der Waals surface area (Å²) in [5, 5.41) is 0. The van der Waals surface area contributed by atoms with Crippen LogP contribution in [0.3, 0.4) is 0 Å². The SMILES string of the molecule is [C-]#[N+]c1cc(-c2ccc(C=O)cc2)c(C)n1C. The molecule has 0 unspecified atom stereocenters. The Morgan fingerprint density at radius 2 is 1.94 bits per heavy atom. The molecule has 0 saturated heterocycles. The highest BCUT2D eigenvalue weighted by Crippen LogP contribution is 2.30. The summed E-state index contributed by atoms with van der Waals surface area (Å²) in [4.78, 5) is 14.0. The van der Waals surface area contributed by atoms with Gasteiger partial charge in [-0.1, -0.05) is 30.8 Å². The average molecular weight is 224 g/mol. The zero-order valence-electron chi connectivity index (χ0n) is 9.77. The van der Waals surface area contributed by atoms with Crippen molar-refractivity contribution in [3.63, 3.8) is 0 Å². The smallest absolute Gasteiger partial charge is 0.230 e. The summed E-state index contributed by atoms with van der Waals surface area (Å²) in [6, 6.07) is 9.25. The minimum absolute atomic E-state index is 0.622. The standard InChI is InChI=1S/C14H12N2O/c1-10-13(8-14(15-2)16(10)3)12-6-4-11(9-17)5-7-12/h4-9H,1,3H3. The number of aromatic nitrogens is 1. The van der Waals surface area contributed by atoms with Crippen molar-refractivity contribution < 1.29 is 4.79 Å². The van der Waals surface area contributed by atoms with Gasteiger partial charge in [-0.05, 0) is 18.6 Å². The molecule has 1 aromatic heterocycles. The third-order valence-corrected chi connectivity index (χ3v) is 2.98. The molecule has 3 heteroatoms. The number of benzene rings is 1. The van der Waals surface area contributed by atoms with E-state index in [2.05, 4.69) is 4.85 Å². The number of carbonyl (C=O) groups is 1. The first-order valence-corrected chi connectivity index (χ1v) is 5.26. The van der Waals surface area contributed by atoms with Crippen molar-refractivity contribution in [2.45, 2.75) is 6.92 Å². The Morgan fingerprint density at radius 3 is 2.41 bits per heavy atom. The van der Waals surface area contributed by atoms with Crippen molar-refractivity contribution in [2.75, 3.05) is 0 Å². The summed E-state index contributed by atoms with van der Waals surface area (Å²) in [7, 11) is 1.88. The Labute approximate surface area is 100 Å². The number of rotatable bonds is 2. The van der Waals surface area contributed by atoms with E-state index in [9.17, 15) is 4.79 Å². The lowest BCUT2D eigenvalue weighted by Crippen LogP contribution is -1.90. The summed E-state index contributed by atoms with van der Waals surface area (Å²) in [5.41, 5.74) is 3.78. The van der Waals surface area contributed by atoms with Gasteiger partial charge in [-0.3, -0.25) is 9.36 Å². The second kappa shape index (κ2) is 4.26. The van der Waals surface area contributed by atoms with Crippen LogP contribution in [0.2, 0.25) is 0 Å². The van der Waals surface area contributed by atoms with Gasteiger partial charge < -0.3 is 4.85 Å². The van der Waals surface area contributed by atoms with Crippen molar-refractivity contribution in [3.05, 3.63) is 53.0 Å². The van der Waals surface area contributed by atoms with Crippen LogP contribution in [-0.4, -0.2) is 10.9 Å². The molecule has 0 aliphatic carbocycles. The first kappa shape index (κ1) is 11.2. The van der Waals surface area contributed by atoms with Crippen molar-refractivity contribution in [3.8, 4) is 11.1 Å². The van der Waals surface area contributed by atoms with Gasteiger partial charge in [0.05, 0.1) is 12.7 Å². The van der Waals surface area contributed by atoms with E-state index >= 15 is 0 Å². The van der Waals surface area contributed by atoms with Gasteiger partial charge in [-0.15, -0.1) is 0 Å². The van der Waals surface area contributed by atoms with Gasteiger partial charge in [0.15, 0.2) is 0 Å². The first-order chi connectivity index (χ1) is 8.17. The fourth-order valence-corrected chi connectivity index (χ4v) is 1.82. The third kappa shape index (κ3) is 1.85. The van der Waals surface area contributed by atoms with Crippen LogP contribution in [0, 0.1) is 13.5 Å². The zero-order valence-corrected chi connectivity index (χ0v) is 9.77. The molecule has 1 aromatic carbocycles. The third-order valence-electron chi connectivity index (χ3n) is 2.98. The molecule has 84 valence electrons. The quantitative estimate of drug-likeness (QED) is 0.567. The van der Waals surface area contributed by atoms with E-state index in [1.807, 2.05) is 36.7 Å². The molecule has 1 heterocycles. The summed E-state index contributed by atoms with van der Waals surface area (Å²) in [6.45, 7) is 9.06. The molecular formula is C14H12N2O. The zero-order chi connectivity index (χ0) is 12.4. The Morgan fingerprint density at radius 1 is 1.29 bits per heavy atom. The Balaban J connectivity index is 2.53. The summed E-state index contributed by atoms with van der Waals surface area (Å²) >= 11 is 0. The van der Waals surface area contributed by atoms with Crippen molar-refractivity contribution in [1.82, 2.24) is 4.57 Å². The van der Waals surface area contributed by atoms with E-state index in [1.54, 1.807) is 12.1 Å². The van der Waals surface area contributed by atoms with Gasteiger partial charge in [0, 0.05) is 11.1 Å². The maximum absolute atomic E-state index is 10.6. The predicted octanol–water partition coefficient (Wildman–Crippen LogP) is 3.36. The molecule has 0 radical (unpaired) electrons. The van der Waals surface area contributed by atoms with Gasteiger partial charge >= 0.3 is 0 Å². The lowest BCUT2D eigenvalue weighted by molar-refractivity contribution is 0.112. The molecule has 2 rings (SSSR count). The number of carbonyl (C=O) groups excluding carboxylic acids is 1. The highest BCUT2D eigenvalue weighted by molar-refractivity contribution is 5.78. The molecule has 0 fully saturated rings. The van der Waals surface area contributed by atoms with E-state index < -0.39 is 0 Å². The average Bonchev–Trinajstić information content (AvgIpc) is 2.66. The van der Waals surface area contributed by atoms with Gasteiger partial charge in [0.1, 0.15) is 6.29 Å². The highest BCUT2D eigenvalue weighted by atomic mass is 16.1. The molecule has 0 atom stereocenters. The van der Waals surface area contributed by atoms with Crippen LogP contribution < -0.4 is 0 Å². The number of aldehydes is 1. The molecule has 2 aromatic rings. The molecule has 0 saturated carbocycles. The van der Waals surface area contributed by atoms with Gasteiger partial charge in [-0.2, -0.15) is 0 Å². The highest BCUT2D eigenvalue weighted by Gasteiger charge is 2.11. The fraction of sp³-hybridized carbons (Fsp3) is 0.143. The van der Waals surface area contributed by atoms with Crippen molar-refractivity contribution in [1.29, 1.82) is 0 Å². The van der Waals surface area contributed by atoms with E-state index in [4.69, 9.17) is 6.57 Å². The van der Waals surface area contributed by atoms with Crippen LogP contribution in [0.25, 0.3) is 16.0 Å². The second-order valence-corrected chi connectivity index (χ2v) is 3.91. The van der Waals surface area contributed by atoms with Gasteiger partial charge in [-0.25, -0.2) is 0 Å². The molecule has 3 nitrogen and oxygen atoms in total. The van der Waals surface area contributed by atoms with Crippen molar-refractivity contribution in [2.24, 2.45) is 7.05 Å². The van der Waals surface area contributed by atoms with Crippen LogP contribution >= 0.6 is 0 Å². The molecule has 17 heavy (non-hydrogen) atoms. The Bertz CT molecular complexity index is 600.